The SMILES string of the molecule is c1ccc(-c2ccc(N(c3ccc(-c4cccc5c4sc4ccccc45)cc3)c3cc4c(c5ccccc35)C(c3ccccc3)(c3ccccc3)c3ccc(-c5ccccc5)cc3-4)cc2)cc1. The lowest BCUT2D eigenvalue weighted by Crippen LogP contribution is -2.29. The van der Waals surface area contributed by atoms with Crippen LogP contribution in [0.15, 0.2) is 261 Å². The third kappa shape index (κ3) is 6.29. The molecule has 1 aliphatic rings. The molecule has 0 radical (unpaired) electrons. The molecular formula is C65H43NS. The highest BCUT2D eigenvalue weighted by atomic mass is 32.1. The molecule has 0 amide bonds. The van der Waals surface area contributed by atoms with Crippen LogP contribution in [0.3, 0.4) is 0 Å². The number of hydrogen-bond acceptors (Lipinski definition) is 2. The highest BCUT2D eigenvalue weighted by molar-refractivity contribution is 7.26. The maximum Gasteiger partial charge on any atom is 0.0719 e. The Morgan fingerprint density at radius 3 is 1.45 bits per heavy atom. The number of nitrogens with zero attached hydrogens (tertiary/aromatic N) is 1. The Kier molecular flexibility index (Phi) is 9.33. The van der Waals surface area contributed by atoms with E-state index in [1.54, 1.807) is 0 Å². The van der Waals surface area contributed by atoms with Crippen molar-refractivity contribution in [3.63, 3.8) is 0 Å². The predicted octanol–water partition coefficient (Wildman–Crippen LogP) is 18.0. The fourth-order valence-electron chi connectivity index (χ4n) is 11.0. The van der Waals surface area contributed by atoms with Gasteiger partial charge in [0.2, 0.25) is 0 Å². The van der Waals surface area contributed by atoms with Crippen LogP contribution in [-0.2, 0) is 5.41 Å². The zero-order chi connectivity index (χ0) is 44.3. The normalized spacial score (nSPS) is 12.6. The molecule has 0 atom stereocenters. The second-order valence-corrected chi connectivity index (χ2v) is 18.6. The van der Waals surface area contributed by atoms with Gasteiger partial charge >= 0.3 is 0 Å². The summed E-state index contributed by atoms with van der Waals surface area (Å²) in [6, 6.07) is 96.4. The largest absolute Gasteiger partial charge is 0.310 e. The number of fused-ring (bicyclic) bond motifs is 8. The first-order valence-corrected chi connectivity index (χ1v) is 23.9. The molecule has 1 heterocycles. The van der Waals surface area contributed by atoms with Gasteiger partial charge in [-0.05, 0) is 115 Å². The van der Waals surface area contributed by atoms with Crippen LogP contribution in [0, 0.1) is 0 Å². The average Bonchev–Trinajstić information content (AvgIpc) is 3.94. The summed E-state index contributed by atoms with van der Waals surface area (Å²) in [6.45, 7) is 0. The summed E-state index contributed by atoms with van der Waals surface area (Å²) in [5.74, 6) is 0. The average molecular weight is 870 g/mol. The molecule has 67 heavy (non-hydrogen) atoms. The fourth-order valence-corrected chi connectivity index (χ4v) is 12.2. The minimum absolute atomic E-state index is 0.571. The molecule has 0 spiro atoms. The molecule has 13 rings (SSSR count). The highest BCUT2D eigenvalue weighted by Gasteiger charge is 2.48. The van der Waals surface area contributed by atoms with E-state index in [-0.39, 0.29) is 0 Å². The molecule has 0 bridgehead atoms. The molecular weight excluding hydrogens is 827 g/mol. The second-order valence-electron chi connectivity index (χ2n) is 17.5. The maximum atomic E-state index is 2.50. The first-order chi connectivity index (χ1) is 33.2. The van der Waals surface area contributed by atoms with Gasteiger partial charge in [0, 0.05) is 36.9 Å². The first-order valence-electron chi connectivity index (χ1n) is 23.1. The molecule has 0 N–H and O–H groups in total. The summed E-state index contributed by atoms with van der Waals surface area (Å²) in [6.07, 6.45) is 0. The Morgan fingerprint density at radius 2 is 0.806 bits per heavy atom. The Morgan fingerprint density at radius 1 is 0.313 bits per heavy atom. The number of anilines is 3. The van der Waals surface area contributed by atoms with Crippen molar-refractivity contribution in [2.24, 2.45) is 0 Å². The smallest absolute Gasteiger partial charge is 0.0719 e. The van der Waals surface area contributed by atoms with Gasteiger partial charge in [0.05, 0.1) is 11.1 Å². The van der Waals surface area contributed by atoms with Gasteiger partial charge in [0.15, 0.2) is 0 Å². The molecule has 0 saturated carbocycles. The number of hydrogen-bond donors (Lipinski definition) is 0. The van der Waals surface area contributed by atoms with Gasteiger partial charge in [-0.15, -0.1) is 11.3 Å². The molecule has 1 aliphatic carbocycles. The standard InChI is InChI=1S/C65H43NS/c1-5-18-44(19-6-1)46-32-37-51(38-33-46)66(52-39-34-47(35-40-52)53-29-17-30-57-55-27-15-16-31-62(55)67-64(53)57)61-43-59-58-42-48(45-20-7-2-8-21-45)36-41-60(58)65(49-22-9-3-10-23-49,50-24-11-4-12-25-50)63(59)56-28-14-13-26-54(56)61/h1-43H. The Bertz CT molecular complexity index is 3720. The number of thiophene rings is 1. The van der Waals surface area contributed by atoms with Crippen LogP contribution in [-0.4, -0.2) is 0 Å². The zero-order valence-corrected chi connectivity index (χ0v) is 37.5. The van der Waals surface area contributed by atoms with E-state index in [1.807, 2.05) is 11.3 Å². The van der Waals surface area contributed by atoms with Crippen molar-refractivity contribution in [2.45, 2.75) is 5.41 Å². The molecule has 314 valence electrons. The zero-order valence-electron chi connectivity index (χ0n) is 36.7. The first kappa shape index (κ1) is 39.1. The Balaban J connectivity index is 1.07. The highest BCUT2D eigenvalue weighted by Crippen LogP contribution is 2.60. The van der Waals surface area contributed by atoms with E-state index in [0.717, 1.165) is 17.1 Å². The van der Waals surface area contributed by atoms with Crippen molar-refractivity contribution >= 4 is 59.3 Å². The quantitative estimate of drug-likeness (QED) is 0.147. The Labute approximate surface area is 395 Å². The van der Waals surface area contributed by atoms with Crippen LogP contribution in [0.1, 0.15) is 22.3 Å². The van der Waals surface area contributed by atoms with Crippen LogP contribution in [0.5, 0.6) is 0 Å². The van der Waals surface area contributed by atoms with Crippen molar-refractivity contribution in [2.75, 3.05) is 4.90 Å². The van der Waals surface area contributed by atoms with E-state index >= 15 is 0 Å². The van der Waals surface area contributed by atoms with Gasteiger partial charge in [-0.1, -0.05) is 218 Å². The minimum Gasteiger partial charge on any atom is -0.310 e. The molecule has 0 fully saturated rings. The molecule has 12 aromatic rings. The van der Waals surface area contributed by atoms with Crippen LogP contribution >= 0.6 is 11.3 Å². The summed E-state index contributed by atoms with van der Waals surface area (Å²) in [7, 11) is 0. The molecule has 0 unspecified atom stereocenters. The molecule has 2 heteroatoms. The number of rotatable bonds is 8. The van der Waals surface area contributed by atoms with Crippen LogP contribution < -0.4 is 4.90 Å². The van der Waals surface area contributed by atoms with Crippen LogP contribution in [0.4, 0.5) is 17.1 Å². The van der Waals surface area contributed by atoms with Crippen molar-refractivity contribution in [1.29, 1.82) is 0 Å². The van der Waals surface area contributed by atoms with Crippen molar-refractivity contribution in [1.82, 2.24) is 0 Å². The van der Waals surface area contributed by atoms with Crippen LogP contribution in [0.2, 0.25) is 0 Å². The van der Waals surface area contributed by atoms with E-state index < -0.39 is 5.41 Å². The molecule has 0 aliphatic heterocycles. The van der Waals surface area contributed by atoms with Gasteiger partial charge in [-0.25, -0.2) is 0 Å². The summed E-state index contributed by atoms with van der Waals surface area (Å²) in [5.41, 5.74) is 17.6. The Hall–Kier alpha value is -8.30. The lowest BCUT2D eigenvalue weighted by Gasteiger charge is -2.35. The third-order valence-electron chi connectivity index (χ3n) is 13.9. The van der Waals surface area contributed by atoms with Gasteiger partial charge in [-0.3, -0.25) is 0 Å². The van der Waals surface area contributed by atoms with Crippen molar-refractivity contribution in [3.8, 4) is 44.5 Å². The van der Waals surface area contributed by atoms with Crippen molar-refractivity contribution < 1.29 is 0 Å². The van der Waals surface area contributed by atoms with Gasteiger partial charge in [0.1, 0.15) is 0 Å². The van der Waals surface area contributed by atoms with Crippen LogP contribution in [0.25, 0.3) is 75.5 Å². The van der Waals surface area contributed by atoms with E-state index in [0.29, 0.717) is 0 Å². The van der Waals surface area contributed by atoms with Gasteiger partial charge in [-0.2, -0.15) is 0 Å². The molecule has 1 nitrogen and oxygen atoms in total. The monoisotopic (exact) mass is 869 g/mol. The van der Waals surface area contributed by atoms with Gasteiger partial charge < -0.3 is 4.90 Å². The van der Waals surface area contributed by atoms with Gasteiger partial charge in [0.25, 0.3) is 0 Å². The molecule has 11 aromatic carbocycles. The summed E-state index contributed by atoms with van der Waals surface area (Å²) >= 11 is 1.88. The molecule has 0 saturated heterocycles. The lowest BCUT2D eigenvalue weighted by atomic mass is 9.66. The number of benzene rings is 11. The predicted molar refractivity (Wildman–Crippen MR) is 285 cm³/mol. The summed E-state index contributed by atoms with van der Waals surface area (Å²) in [5, 5.41) is 5.05. The fraction of sp³-hybridized carbons (Fsp3) is 0.0154. The van der Waals surface area contributed by atoms with E-state index in [4.69, 9.17) is 0 Å². The van der Waals surface area contributed by atoms with E-state index in [1.165, 1.54) is 97.7 Å². The van der Waals surface area contributed by atoms with E-state index in [9.17, 15) is 0 Å². The topological polar surface area (TPSA) is 3.24 Å². The maximum absolute atomic E-state index is 2.50. The minimum atomic E-state index is -0.571. The third-order valence-corrected chi connectivity index (χ3v) is 15.2. The van der Waals surface area contributed by atoms with Crippen molar-refractivity contribution in [3.05, 3.63) is 283 Å². The summed E-state index contributed by atoms with van der Waals surface area (Å²) < 4.78 is 2.64. The van der Waals surface area contributed by atoms with E-state index in [2.05, 4.69) is 266 Å². The summed E-state index contributed by atoms with van der Waals surface area (Å²) in [4.78, 5) is 2.48. The lowest BCUT2D eigenvalue weighted by molar-refractivity contribution is 0.775. The second kappa shape index (κ2) is 16.0. The molecule has 1 aromatic heterocycles.